The van der Waals surface area contributed by atoms with Crippen LogP contribution in [-0.2, 0) is 9.84 Å². The highest BCUT2D eigenvalue weighted by molar-refractivity contribution is 7.90. The zero-order chi connectivity index (χ0) is 15.9. The quantitative estimate of drug-likeness (QED) is 0.799. The fourth-order valence-corrected chi connectivity index (χ4v) is 2.48. The van der Waals surface area contributed by atoms with E-state index in [1.54, 1.807) is 0 Å². The van der Waals surface area contributed by atoms with Crippen LogP contribution in [0.1, 0.15) is 0 Å². The van der Waals surface area contributed by atoms with E-state index in [-0.39, 0.29) is 4.73 Å². The zero-order valence-electron chi connectivity index (χ0n) is 10.3. The van der Waals surface area contributed by atoms with Crippen LogP contribution in [0.25, 0.3) is 10.9 Å². The largest absolute Gasteiger partial charge is 0.405 e. The molecule has 0 bridgehead atoms. The molecule has 0 aliphatic rings. The summed E-state index contributed by atoms with van der Waals surface area (Å²) >= 11 is 0. The summed E-state index contributed by atoms with van der Waals surface area (Å²) in [6.45, 7) is -3.44. The monoisotopic (exact) mass is 325 g/mol. The van der Waals surface area contributed by atoms with Gasteiger partial charge < -0.3 is 4.84 Å². The maximum atomic E-state index is 13.2. The molecule has 0 saturated carbocycles. The Hall–Kier alpha value is -2.10. The van der Waals surface area contributed by atoms with Gasteiger partial charge in [0, 0.05) is 18.4 Å². The molecule has 10 heteroatoms. The maximum absolute atomic E-state index is 13.2. The zero-order valence-corrected chi connectivity index (χ0v) is 11.1. The van der Waals surface area contributed by atoms with Crippen molar-refractivity contribution in [3.05, 3.63) is 40.1 Å². The third kappa shape index (κ3) is 2.84. The average Bonchev–Trinajstić information content (AvgIpc) is 2.33. The second-order valence-corrected chi connectivity index (χ2v) is 6.03. The number of nitrogens with zero attached hydrogens (tertiary/aromatic N) is 1. The third-order valence-corrected chi connectivity index (χ3v) is 3.59. The van der Waals surface area contributed by atoms with E-state index >= 15 is 0 Å². The van der Waals surface area contributed by atoms with Crippen LogP contribution in [0.3, 0.4) is 0 Å². The fraction of sp³-hybridized carbons (Fsp3) is 0.182. The first-order valence-electron chi connectivity index (χ1n) is 5.31. The predicted octanol–water partition coefficient (Wildman–Crippen LogP) is 1.33. The second kappa shape index (κ2) is 5.02. The molecule has 0 aliphatic heterocycles. The number of aromatic nitrogens is 1. The minimum Gasteiger partial charge on any atom is -0.343 e. The summed E-state index contributed by atoms with van der Waals surface area (Å²) in [5, 5.41) is -1.40. The molecule has 2 aromatic rings. The first kappa shape index (κ1) is 15.3. The first-order chi connectivity index (χ1) is 9.61. The van der Waals surface area contributed by atoms with Crippen molar-refractivity contribution in [2.45, 2.75) is 11.6 Å². The minimum absolute atomic E-state index is 0.0965. The Balaban J connectivity index is 3.00. The summed E-state index contributed by atoms with van der Waals surface area (Å²) in [7, 11) is -4.13. The van der Waals surface area contributed by atoms with Gasteiger partial charge >= 0.3 is 6.61 Å². The molecular formula is C11H7F4NO4S. The van der Waals surface area contributed by atoms with E-state index < -0.39 is 49.4 Å². The van der Waals surface area contributed by atoms with Gasteiger partial charge in [-0.15, -0.1) is 0 Å². The molecule has 0 aliphatic carbocycles. The molecule has 0 fully saturated rings. The van der Waals surface area contributed by atoms with Crippen molar-refractivity contribution in [3.8, 4) is 0 Å². The fourth-order valence-electron chi connectivity index (χ4n) is 1.72. The number of sulfone groups is 1. The highest BCUT2D eigenvalue weighted by atomic mass is 32.2. The molecule has 114 valence electrons. The average molecular weight is 325 g/mol. The molecule has 0 saturated heterocycles. The topological polar surface area (TPSA) is 65.4 Å². The molecule has 0 amide bonds. The van der Waals surface area contributed by atoms with E-state index in [1.807, 2.05) is 0 Å². The molecule has 1 aromatic heterocycles. The van der Waals surface area contributed by atoms with Crippen LogP contribution < -0.4 is 10.3 Å². The van der Waals surface area contributed by atoms with Crippen molar-refractivity contribution in [2.75, 3.05) is 6.26 Å². The van der Waals surface area contributed by atoms with E-state index in [1.165, 1.54) is 0 Å². The van der Waals surface area contributed by atoms with Crippen molar-refractivity contribution in [3.63, 3.8) is 0 Å². The van der Waals surface area contributed by atoms with Crippen LogP contribution in [0.4, 0.5) is 17.6 Å². The van der Waals surface area contributed by atoms with E-state index in [0.717, 1.165) is 0 Å². The van der Waals surface area contributed by atoms with Gasteiger partial charge in [0.15, 0.2) is 31.9 Å². The van der Waals surface area contributed by atoms with Gasteiger partial charge in [-0.25, -0.2) is 17.2 Å². The maximum Gasteiger partial charge on any atom is 0.405 e. The van der Waals surface area contributed by atoms with Crippen molar-refractivity contribution in [1.82, 2.24) is 4.73 Å². The molecule has 0 radical (unpaired) electrons. The number of fused-ring (bicyclic) bond motifs is 1. The van der Waals surface area contributed by atoms with Crippen LogP contribution >= 0.6 is 0 Å². The number of benzene rings is 1. The number of hydrogen-bond donors (Lipinski definition) is 0. The summed E-state index contributed by atoms with van der Waals surface area (Å²) in [4.78, 5) is 15.7. The van der Waals surface area contributed by atoms with Crippen LogP contribution in [-0.4, -0.2) is 26.0 Å². The van der Waals surface area contributed by atoms with Crippen molar-refractivity contribution >= 4 is 20.7 Å². The van der Waals surface area contributed by atoms with Gasteiger partial charge in [0.2, 0.25) is 0 Å². The normalized spacial score (nSPS) is 12.1. The number of pyridine rings is 1. The van der Waals surface area contributed by atoms with Crippen molar-refractivity contribution < 1.29 is 30.8 Å². The number of rotatable bonds is 3. The van der Waals surface area contributed by atoms with E-state index in [4.69, 9.17) is 0 Å². The summed E-state index contributed by atoms with van der Waals surface area (Å²) in [6, 6.07) is 1.38. The Labute approximate surface area is 115 Å². The lowest BCUT2D eigenvalue weighted by atomic mass is 10.2. The van der Waals surface area contributed by atoms with Crippen molar-refractivity contribution in [2.24, 2.45) is 0 Å². The molecule has 21 heavy (non-hydrogen) atoms. The minimum atomic E-state index is -4.13. The van der Waals surface area contributed by atoms with E-state index in [0.29, 0.717) is 24.5 Å². The molecule has 1 heterocycles. The van der Waals surface area contributed by atoms with Crippen LogP contribution in [0.2, 0.25) is 0 Å². The molecule has 1 aromatic carbocycles. The third-order valence-electron chi connectivity index (χ3n) is 2.54. The SMILES string of the molecule is CS(=O)(=O)c1cc(=O)c2cc(F)c(F)cc2n1OC(F)F. The van der Waals surface area contributed by atoms with Gasteiger partial charge in [-0.2, -0.15) is 13.5 Å². The van der Waals surface area contributed by atoms with Gasteiger partial charge in [0.25, 0.3) is 0 Å². The molecule has 0 unspecified atom stereocenters. The Kier molecular flexibility index (Phi) is 3.66. The number of alkyl halides is 2. The smallest absolute Gasteiger partial charge is 0.343 e. The molecule has 0 atom stereocenters. The lowest BCUT2D eigenvalue weighted by Crippen LogP contribution is -2.26. The summed E-state index contributed by atoms with van der Waals surface area (Å²) < 4.78 is 74.4. The Morgan fingerprint density at radius 3 is 2.24 bits per heavy atom. The number of halogens is 4. The second-order valence-electron chi connectivity index (χ2n) is 4.06. The van der Waals surface area contributed by atoms with Gasteiger partial charge in [-0.05, 0) is 6.07 Å². The lowest BCUT2D eigenvalue weighted by molar-refractivity contribution is -0.135. The lowest BCUT2D eigenvalue weighted by Gasteiger charge is -2.15. The van der Waals surface area contributed by atoms with Crippen LogP contribution in [0, 0.1) is 11.6 Å². The highest BCUT2D eigenvalue weighted by Gasteiger charge is 2.22. The molecule has 2 rings (SSSR count). The Bertz CT molecular complexity index is 876. The van der Waals surface area contributed by atoms with Gasteiger partial charge in [-0.3, -0.25) is 4.79 Å². The predicted molar refractivity (Wildman–Crippen MR) is 63.8 cm³/mol. The van der Waals surface area contributed by atoms with Gasteiger partial charge in [0.05, 0.1) is 10.9 Å². The molecule has 0 N–H and O–H groups in total. The van der Waals surface area contributed by atoms with Crippen molar-refractivity contribution in [1.29, 1.82) is 0 Å². The first-order valence-corrected chi connectivity index (χ1v) is 7.20. The Morgan fingerprint density at radius 1 is 1.14 bits per heavy atom. The summed E-state index contributed by atoms with van der Waals surface area (Å²) in [5.74, 6) is -2.82. The molecule has 0 spiro atoms. The van der Waals surface area contributed by atoms with Gasteiger partial charge in [0.1, 0.15) is 0 Å². The highest BCUT2D eigenvalue weighted by Crippen LogP contribution is 2.19. The summed E-state index contributed by atoms with van der Waals surface area (Å²) in [5.41, 5.74) is -1.60. The Morgan fingerprint density at radius 2 is 1.71 bits per heavy atom. The molecule has 5 nitrogen and oxygen atoms in total. The van der Waals surface area contributed by atoms with E-state index in [9.17, 15) is 30.8 Å². The van der Waals surface area contributed by atoms with E-state index in [2.05, 4.69) is 4.84 Å². The van der Waals surface area contributed by atoms with Gasteiger partial charge in [-0.1, -0.05) is 0 Å². The summed E-state index contributed by atoms with van der Waals surface area (Å²) in [6.07, 6.45) is 0.652. The van der Waals surface area contributed by atoms with Crippen LogP contribution in [0.5, 0.6) is 0 Å². The number of hydrogen-bond acceptors (Lipinski definition) is 4. The standard InChI is InChI=1S/C11H7F4NO4S/c1-21(18,19)10-4-9(17)5-2-6(12)7(13)3-8(5)16(10)20-11(14)15/h2-4,11H,1H3. The molecular weight excluding hydrogens is 318 g/mol. The van der Waals surface area contributed by atoms with Crippen LogP contribution in [0.15, 0.2) is 28.0 Å².